The van der Waals surface area contributed by atoms with Gasteiger partial charge in [-0.1, -0.05) is 0 Å². The lowest BCUT2D eigenvalue weighted by atomic mass is 9.86. The zero-order valence-corrected chi connectivity index (χ0v) is 19.5. The topological polar surface area (TPSA) is 79.7 Å². The average Bonchev–Trinajstić information content (AvgIpc) is 3.17. The Morgan fingerprint density at radius 1 is 1.25 bits per heavy atom. The third kappa shape index (κ3) is 4.37. The van der Waals surface area contributed by atoms with E-state index in [1.165, 1.54) is 11.3 Å². The van der Waals surface area contributed by atoms with Crippen LogP contribution in [0.2, 0.25) is 0 Å². The monoisotopic (exact) mass is 456 g/mol. The number of hydrogen-bond donors (Lipinski definition) is 0. The summed E-state index contributed by atoms with van der Waals surface area (Å²) in [6.45, 7) is 4.97. The number of methoxy groups -OCH3 is 1. The van der Waals surface area contributed by atoms with Crippen molar-refractivity contribution in [2.45, 2.75) is 52.0 Å². The Labute approximate surface area is 190 Å². The molecule has 8 heteroatoms. The molecule has 32 heavy (non-hydrogen) atoms. The number of ether oxygens (including phenoxy) is 3. The molecule has 1 unspecified atom stereocenters. The fourth-order valence-corrected chi connectivity index (χ4v) is 5.55. The third-order valence-corrected chi connectivity index (χ3v) is 6.95. The van der Waals surface area contributed by atoms with Gasteiger partial charge in [0.2, 0.25) is 0 Å². The Hall–Kier alpha value is -2.87. The van der Waals surface area contributed by atoms with Gasteiger partial charge >= 0.3 is 5.97 Å². The Morgan fingerprint density at radius 3 is 2.72 bits per heavy atom. The van der Waals surface area contributed by atoms with Crippen molar-refractivity contribution in [1.29, 1.82) is 0 Å². The van der Waals surface area contributed by atoms with E-state index in [1.54, 1.807) is 18.6 Å². The Morgan fingerprint density at radius 2 is 2.00 bits per heavy atom. The van der Waals surface area contributed by atoms with Crippen molar-refractivity contribution < 1.29 is 19.0 Å². The van der Waals surface area contributed by atoms with Crippen LogP contribution in [-0.4, -0.2) is 35.8 Å². The maximum atomic E-state index is 13.5. The number of carbonyl (C=O) groups excluding carboxylic acids is 1. The van der Waals surface area contributed by atoms with Crippen LogP contribution in [0.15, 0.2) is 29.1 Å². The van der Waals surface area contributed by atoms with Gasteiger partial charge in [-0.3, -0.25) is 14.2 Å². The molecule has 0 aliphatic heterocycles. The zero-order valence-electron chi connectivity index (χ0n) is 18.7. The first kappa shape index (κ1) is 22.3. The van der Waals surface area contributed by atoms with Crippen molar-refractivity contribution in [2.24, 2.45) is 0 Å². The lowest BCUT2D eigenvalue weighted by molar-refractivity contribution is -0.145. The lowest BCUT2D eigenvalue weighted by Crippen LogP contribution is -2.27. The molecule has 1 aliphatic rings. The highest BCUT2D eigenvalue weighted by Gasteiger charge is 2.33. The molecule has 0 N–H and O–H groups in total. The van der Waals surface area contributed by atoms with Gasteiger partial charge in [-0.15, -0.1) is 11.3 Å². The minimum Gasteiger partial charge on any atom is -0.497 e. The van der Waals surface area contributed by atoms with Crippen molar-refractivity contribution in [3.63, 3.8) is 0 Å². The highest BCUT2D eigenvalue weighted by molar-refractivity contribution is 7.18. The van der Waals surface area contributed by atoms with Crippen LogP contribution in [0, 0.1) is 6.92 Å². The van der Waals surface area contributed by atoms with Crippen LogP contribution in [0.4, 0.5) is 0 Å². The standard InChI is InChI=1S/C24H28N2O5S/c1-4-30-24(28)18-7-5-8-19-20(18)21-22(32-19)25-15(2)26(23(21)27)13-6-14-31-17-11-9-16(29-3)10-12-17/h9-12,18H,4-8,13-14H2,1-3H3. The number of hydrogen-bond acceptors (Lipinski definition) is 7. The van der Waals surface area contributed by atoms with E-state index >= 15 is 0 Å². The maximum absolute atomic E-state index is 13.5. The molecule has 7 nitrogen and oxygen atoms in total. The van der Waals surface area contributed by atoms with Crippen molar-refractivity contribution in [2.75, 3.05) is 20.3 Å². The molecule has 1 atom stereocenters. The van der Waals surface area contributed by atoms with Crippen molar-refractivity contribution in [3.05, 3.63) is 50.9 Å². The summed E-state index contributed by atoms with van der Waals surface area (Å²) >= 11 is 1.54. The predicted octanol–water partition coefficient (Wildman–Crippen LogP) is 4.23. The van der Waals surface area contributed by atoms with E-state index < -0.39 is 0 Å². The molecule has 2 aromatic heterocycles. The van der Waals surface area contributed by atoms with Crippen LogP contribution in [0.5, 0.6) is 11.5 Å². The first-order valence-corrected chi connectivity index (χ1v) is 11.8. The molecular weight excluding hydrogens is 428 g/mol. The Balaban J connectivity index is 1.55. The van der Waals surface area contributed by atoms with E-state index in [0.717, 1.165) is 39.6 Å². The predicted molar refractivity (Wildman–Crippen MR) is 124 cm³/mol. The number of nitrogens with zero attached hydrogens (tertiary/aromatic N) is 2. The summed E-state index contributed by atoms with van der Waals surface area (Å²) in [5, 5.41) is 0.587. The molecule has 1 aliphatic carbocycles. The second-order valence-corrected chi connectivity index (χ2v) is 8.89. The van der Waals surface area contributed by atoms with Crippen LogP contribution in [0.1, 0.15) is 48.4 Å². The molecule has 0 saturated heterocycles. The molecule has 1 aromatic carbocycles. The van der Waals surface area contributed by atoms with Crippen molar-refractivity contribution >= 4 is 27.5 Å². The Kier molecular flexibility index (Phi) is 6.79. The van der Waals surface area contributed by atoms with Crippen LogP contribution in [-0.2, 0) is 22.5 Å². The molecule has 0 bridgehead atoms. The molecule has 0 saturated carbocycles. The number of aryl methyl sites for hydroxylation is 2. The summed E-state index contributed by atoms with van der Waals surface area (Å²) < 4.78 is 17.9. The zero-order chi connectivity index (χ0) is 22.7. The number of benzene rings is 1. The summed E-state index contributed by atoms with van der Waals surface area (Å²) in [4.78, 5) is 32.6. The van der Waals surface area contributed by atoms with Gasteiger partial charge in [-0.05, 0) is 69.4 Å². The summed E-state index contributed by atoms with van der Waals surface area (Å²) in [6, 6.07) is 7.41. The quantitative estimate of drug-likeness (QED) is 0.373. The molecule has 2 heterocycles. The number of carbonyl (C=O) groups is 1. The van der Waals surface area contributed by atoms with Crippen LogP contribution in [0.25, 0.3) is 10.2 Å². The summed E-state index contributed by atoms with van der Waals surface area (Å²) in [5.41, 5.74) is 0.765. The van der Waals surface area contributed by atoms with Gasteiger partial charge in [-0.2, -0.15) is 0 Å². The van der Waals surface area contributed by atoms with Gasteiger partial charge in [0.05, 0.1) is 31.6 Å². The van der Waals surface area contributed by atoms with Crippen molar-refractivity contribution in [1.82, 2.24) is 9.55 Å². The van der Waals surface area contributed by atoms with E-state index in [1.807, 2.05) is 31.2 Å². The minimum atomic E-state index is -0.378. The fraction of sp³-hybridized carbons (Fsp3) is 0.458. The molecule has 170 valence electrons. The maximum Gasteiger partial charge on any atom is 0.313 e. The van der Waals surface area contributed by atoms with E-state index in [2.05, 4.69) is 0 Å². The number of aromatic nitrogens is 2. The van der Waals surface area contributed by atoms with Gasteiger partial charge in [-0.25, -0.2) is 4.98 Å². The number of esters is 1. The van der Waals surface area contributed by atoms with E-state index in [0.29, 0.717) is 43.8 Å². The number of rotatable bonds is 8. The third-order valence-electron chi connectivity index (χ3n) is 5.79. The normalized spacial score (nSPS) is 15.4. The summed E-state index contributed by atoms with van der Waals surface area (Å²) in [5.74, 6) is 1.59. The van der Waals surface area contributed by atoms with E-state index in [4.69, 9.17) is 19.2 Å². The molecule has 0 fully saturated rings. The van der Waals surface area contributed by atoms with Gasteiger partial charge in [0.1, 0.15) is 22.2 Å². The van der Waals surface area contributed by atoms with Crippen molar-refractivity contribution in [3.8, 4) is 11.5 Å². The van der Waals surface area contributed by atoms with Crippen LogP contribution in [0.3, 0.4) is 0 Å². The molecule has 0 radical (unpaired) electrons. The first-order chi connectivity index (χ1) is 15.5. The number of fused-ring (bicyclic) bond motifs is 3. The minimum absolute atomic E-state index is 0.0781. The van der Waals surface area contributed by atoms with Crippen LogP contribution >= 0.6 is 11.3 Å². The first-order valence-electron chi connectivity index (χ1n) is 11.0. The lowest BCUT2D eigenvalue weighted by Gasteiger charge is -2.21. The van der Waals surface area contributed by atoms with Gasteiger partial charge in [0, 0.05) is 11.4 Å². The molecule has 3 aromatic rings. The molecule has 0 spiro atoms. The second-order valence-electron chi connectivity index (χ2n) is 7.81. The highest BCUT2D eigenvalue weighted by Crippen LogP contribution is 2.41. The second kappa shape index (κ2) is 9.73. The molecule has 0 amide bonds. The van der Waals surface area contributed by atoms with Crippen LogP contribution < -0.4 is 15.0 Å². The Bertz CT molecular complexity index is 1170. The van der Waals surface area contributed by atoms with Gasteiger partial charge in [0.25, 0.3) is 5.56 Å². The fourth-order valence-electron chi connectivity index (χ4n) is 4.24. The highest BCUT2D eigenvalue weighted by atomic mass is 32.1. The van der Waals surface area contributed by atoms with E-state index in [-0.39, 0.29) is 17.4 Å². The van der Waals surface area contributed by atoms with E-state index in [9.17, 15) is 9.59 Å². The van der Waals surface area contributed by atoms with Gasteiger partial charge < -0.3 is 14.2 Å². The number of thiophene rings is 1. The van der Waals surface area contributed by atoms with Gasteiger partial charge in [0.15, 0.2) is 0 Å². The molecular formula is C24H28N2O5S. The molecule has 4 rings (SSSR count). The summed E-state index contributed by atoms with van der Waals surface area (Å²) in [7, 11) is 1.63. The SMILES string of the molecule is CCOC(=O)C1CCCc2sc3nc(C)n(CCCOc4ccc(OC)cc4)c(=O)c3c21. The largest absolute Gasteiger partial charge is 0.497 e. The summed E-state index contributed by atoms with van der Waals surface area (Å²) in [6.07, 6.45) is 3.16. The average molecular weight is 457 g/mol. The smallest absolute Gasteiger partial charge is 0.313 e.